The Morgan fingerprint density at radius 2 is 2.10 bits per heavy atom. The van der Waals surface area contributed by atoms with Gasteiger partial charge in [-0.3, -0.25) is 4.79 Å². The predicted octanol–water partition coefficient (Wildman–Crippen LogP) is 0.463. The molecule has 0 aromatic carbocycles. The van der Waals surface area contributed by atoms with Gasteiger partial charge < -0.3 is 14.6 Å². The number of aromatic nitrogens is 1. The molecule has 1 atom stereocenters. The summed E-state index contributed by atoms with van der Waals surface area (Å²) in [6, 6.07) is 1.12. The molecule has 0 radical (unpaired) electrons. The molecule has 1 aromatic heterocycles. The number of hydrogen-bond acceptors (Lipinski definition) is 4. The summed E-state index contributed by atoms with van der Waals surface area (Å²) in [6.45, 7) is 6.81. The van der Waals surface area contributed by atoms with Gasteiger partial charge >= 0.3 is 0 Å². The molecule has 0 saturated carbocycles. The lowest BCUT2D eigenvalue weighted by atomic mass is 10.1. The van der Waals surface area contributed by atoms with Crippen molar-refractivity contribution in [3.63, 3.8) is 0 Å². The maximum absolute atomic E-state index is 12.3. The fraction of sp³-hybridized carbons (Fsp3) is 0.615. The van der Waals surface area contributed by atoms with E-state index >= 15 is 0 Å². The Morgan fingerprint density at radius 1 is 1.48 bits per heavy atom. The van der Waals surface area contributed by atoms with Crippen molar-refractivity contribution in [1.82, 2.24) is 9.88 Å². The summed E-state index contributed by atoms with van der Waals surface area (Å²) in [5.41, 5.74) is 0.237. The largest absolute Gasteiger partial charge is 0.380 e. The average Bonchev–Trinajstić information content (AvgIpc) is 2.76. The zero-order valence-electron chi connectivity index (χ0n) is 12.8. The number of nitrogens with zero attached hydrogens (tertiary/aromatic N) is 1. The summed E-state index contributed by atoms with van der Waals surface area (Å²) in [5.74, 6) is -0.163. The Balaban J connectivity index is 2.90. The Bertz CT molecular complexity index is 593. The second-order valence-corrected chi connectivity index (χ2v) is 6.76. The predicted molar refractivity (Wildman–Crippen MR) is 79.4 cm³/mol. The van der Waals surface area contributed by atoms with Crippen LogP contribution < -0.4 is 10.5 Å². The van der Waals surface area contributed by atoms with Crippen molar-refractivity contribution in [3.8, 4) is 0 Å². The highest BCUT2D eigenvalue weighted by molar-refractivity contribution is 7.89. The van der Waals surface area contributed by atoms with E-state index in [1.165, 1.54) is 16.8 Å². The molecule has 1 rings (SSSR count). The minimum absolute atomic E-state index is 0.0824. The zero-order chi connectivity index (χ0) is 16.2. The fourth-order valence-electron chi connectivity index (χ4n) is 1.80. The Labute approximate surface area is 125 Å². The molecule has 0 fully saturated rings. The number of aryl methyl sites for hydroxylation is 1. The molecule has 1 amide bonds. The van der Waals surface area contributed by atoms with Gasteiger partial charge in [0.05, 0.1) is 12.6 Å². The van der Waals surface area contributed by atoms with Crippen molar-refractivity contribution in [1.29, 1.82) is 0 Å². The molecule has 0 aliphatic carbocycles. The molecule has 120 valence electrons. The molecule has 0 bridgehead atoms. The van der Waals surface area contributed by atoms with E-state index in [0.29, 0.717) is 13.2 Å². The first-order valence-electron chi connectivity index (χ1n) is 6.74. The van der Waals surface area contributed by atoms with E-state index < -0.39 is 10.0 Å². The molecule has 1 heterocycles. The minimum atomic E-state index is -3.82. The Morgan fingerprint density at radius 3 is 2.52 bits per heavy atom. The number of sulfonamides is 1. The Kier molecular flexibility index (Phi) is 5.94. The van der Waals surface area contributed by atoms with Gasteiger partial charge in [0.15, 0.2) is 0 Å². The summed E-state index contributed by atoms with van der Waals surface area (Å²) >= 11 is 0. The van der Waals surface area contributed by atoms with Gasteiger partial charge in [0.25, 0.3) is 5.91 Å². The van der Waals surface area contributed by atoms with Gasteiger partial charge in [-0.1, -0.05) is 13.8 Å². The molecule has 0 saturated heterocycles. The lowest BCUT2D eigenvalue weighted by molar-refractivity contribution is 0.0799. The first-order chi connectivity index (χ1) is 9.66. The van der Waals surface area contributed by atoms with Gasteiger partial charge in [0.1, 0.15) is 10.6 Å². The number of primary sulfonamides is 1. The molecular formula is C13H23N3O4S. The summed E-state index contributed by atoms with van der Waals surface area (Å²) in [6.07, 6.45) is 1.32. The van der Waals surface area contributed by atoms with Gasteiger partial charge in [-0.15, -0.1) is 0 Å². The normalized spacial score (nSPS) is 13.4. The number of nitrogens with one attached hydrogen (secondary N) is 1. The van der Waals surface area contributed by atoms with Gasteiger partial charge in [0.2, 0.25) is 10.0 Å². The molecule has 0 aliphatic heterocycles. The number of carbonyl (C=O) groups excluding carboxylic acids is 1. The van der Waals surface area contributed by atoms with Crippen LogP contribution in [0.5, 0.6) is 0 Å². The maximum atomic E-state index is 12.3. The lowest BCUT2D eigenvalue weighted by Crippen LogP contribution is -2.42. The van der Waals surface area contributed by atoms with E-state index in [1.54, 1.807) is 7.05 Å². The van der Waals surface area contributed by atoms with E-state index in [0.717, 1.165) is 0 Å². The van der Waals surface area contributed by atoms with E-state index in [9.17, 15) is 13.2 Å². The second-order valence-electron chi connectivity index (χ2n) is 5.20. The highest BCUT2D eigenvalue weighted by atomic mass is 32.2. The van der Waals surface area contributed by atoms with Crippen LogP contribution in [0.15, 0.2) is 17.2 Å². The van der Waals surface area contributed by atoms with E-state index in [2.05, 4.69) is 5.32 Å². The van der Waals surface area contributed by atoms with Crippen molar-refractivity contribution in [3.05, 3.63) is 18.0 Å². The van der Waals surface area contributed by atoms with Crippen molar-refractivity contribution in [2.75, 3.05) is 13.2 Å². The average molecular weight is 317 g/mol. The monoisotopic (exact) mass is 317 g/mol. The van der Waals surface area contributed by atoms with Crippen LogP contribution in [0.2, 0.25) is 0 Å². The molecule has 0 spiro atoms. The number of ether oxygens (including phenoxy) is 1. The quantitative estimate of drug-likeness (QED) is 0.762. The number of nitrogens with two attached hydrogens (primary N) is 1. The summed E-state index contributed by atoms with van der Waals surface area (Å²) in [4.78, 5) is 12.2. The number of rotatable bonds is 7. The first-order valence-corrected chi connectivity index (χ1v) is 8.29. The molecule has 0 aliphatic rings. The van der Waals surface area contributed by atoms with E-state index in [-0.39, 0.29) is 28.5 Å². The van der Waals surface area contributed by atoms with E-state index in [4.69, 9.17) is 9.88 Å². The molecule has 1 aromatic rings. The molecule has 21 heavy (non-hydrogen) atoms. The standard InChI is InChI=1S/C13H23N3O4S/c1-5-20-8-11(9(2)3)15-13(17)12-6-10(7-16(12)4)21(14,18)19/h6-7,9,11H,5,8H2,1-4H3,(H,15,17)(H2,14,18,19). The topological polar surface area (TPSA) is 103 Å². The third-order valence-electron chi connectivity index (χ3n) is 3.16. The summed E-state index contributed by atoms with van der Waals surface area (Å²) in [5, 5.41) is 7.91. The van der Waals surface area contributed by atoms with Gasteiger partial charge in [0, 0.05) is 19.9 Å². The van der Waals surface area contributed by atoms with Crippen LogP contribution in [0.25, 0.3) is 0 Å². The smallest absolute Gasteiger partial charge is 0.268 e. The van der Waals surface area contributed by atoms with Crippen LogP contribution in [0.1, 0.15) is 31.3 Å². The SMILES string of the molecule is CCOCC(NC(=O)c1cc(S(N)(=O)=O)cn1C)C(C)C. The zero-order valence-corrected chi connectivity index (χ0v) is 13.6. The molecule has 8 heteroatoms. The fourth-order valence-corrected chi connectivity index (χ4v) is 2.38. The second kappa shape index (κ2) is 7.06. The summed E-state index contributed by atoms with van der Waals surface area (Å²) < 4.78 is 29.4. The van der Waals surface area contributed by atoms with Gasteiger partial charge in [-0.25, -0.2) is 13.6 Å². The van der Waals surface area contributed by atoms with Crippen LogP contribution in [-0.4, -0.2) is 38.1 Å². The van der Waals surface area contributed by atoms with E-state index in [1.807, 2.05) is 20.8 Å². The summed E-state index contributed by atoms with van der Waals surface area (Å²) in [7, 11) is -2.23. The van der Waals surface area contributed by atoms with Crippen molar-refractivity contribution in [2.24, 2.45) is 18.1 Å². The van der Waals surface area contributed by atoms with Crippen molar-refractivity contribution < 1.29 is 17.9 Å². The first kappa shape index (κ1) is 17.7. The van der Waals surface area contributed by atoms with Crippen LogP contribution in [0, 0.1) is 5.92 Å². The number of amides is 1. The lowest BCUT2D eigenvalue weighted by Gasteiger charge is -2.22. The maximum Gasteiger partial charge on any atom is 0.268 e. The van der Waals surface area contributed by atoms with Gasteiger partial charge in [-0.2, -0.15) is 0 Å². The van der Waals surface area contributed by atoms with Crippen LogP contribution in [-0.2, 0) is 21.8 Å². The third-order valence-corrected chi connectivity index (χ3v) is 4.04. The third kappa shape index (κ3) is 4.83. The van der Waals surface area contributed by atoms with Crippen LogP contribution >= 0.6 is 0 Å². The minimum Gasteiger partial charge on any atom is -0.380 e. The highest BCUT2D eigenvalue weighted by Gasteiger charge is 2.21. The van der Waals surface area contributed by atoms with Crippen LogP contribution in [0.4, 0.5) is 0 Å². The molecule has 7 nitrogen and oxygen atoms in total. The Hall–Kier alpha value is -1.38. The molecule has 3 N–H and O–H groups in total. The van der Waals surface area contributed by atoms with Crippen LogP contribution in [0.3, 0.4) is 0 Å². The number of carbonyl (C=O) groups is 1. The van der Waals surface area contributed by atoms with Crippen molar-refractivity contribution in [2.45, 2.75) is 31.7 Å². The highest BCUT2D eigenvalue weighted by Crippen LogP contribution is 2.12. The van der Waals surface area contributed by atoms with Crippen molar-refractivity contribution >= 4 is 15.9 Å². The molecule has 1 unspecified atom stereocenters. The van der Waals surface area contributed by atoms with Gasteiger partial charge in [-0.05, 0) is 18.9 Å². The molecular weight excluding hydrogens is 294 g/mol. The number of hydrogen-bond donors (Lipinski definition) is 2.